The molecule has 0 N–H and O–H groups in total. The van der Waals surface area contributed by atoms with E-state index in [-0.39, 0.29) is 0 Å². The lowest BCUT2D eigenvalue weighted by molar-refractivity contribution is 1.36. The van der Waals surface area contributed by atoms with Crippen LogP contribution in [0.1, 0.15) is 11.1 Å². The Morgan fingerprint density at radius 3 is 2.67 bits per heavy atom. The molecular formula is C8H9S. The van der Waals surface area contributed by atoms with Crippen molar-refractivity contribution in [2.24, 2.45) is 0 Å². The Kier molecular flexibility index (Phi) is 2.17. The van der Waals surface area contributed by atoms with E-state index in [0.717, 1.165) is 5.75 Å². The van der Waals surface area contributed by atoms with E-state index in [9.17, 15) is 0 Å². The molecule has 0 aromatic heterocycles. The van der Waals surface area contributed by atoms with E-state index in [4.69, 9.17) is 12.6 Å². The third-order valence-electron chi connectivity index (χ3n) is 1.25. The quantitative estimate of drug-likeness (QED) is 0.558. The van der Waals surface area contributed by atoms with Crippen molar-refractivity contribution in [1.82, 2.24) is 0 Å². The first kappa shape index (κ1) is 6.69. The van der Waals surface area contributed by atoms with Crippen molar-refractivity contribution in [3.63, 3.8) is 0 Å². The molecule has 0 fully saturated rings. The summed E-state index contributed by atoms with van der Waals surface area (Å²) in [6.45, 7) is 2.08. The summed E-state index contributed by atoms with van der Waals surface area (Å²) in [7, 11) is 0. The molecule has 0 saturated carbocycles. The smallest absolute Gasteiger partial charge is 0.0288 e. The number of benzene rings is 1. The van der Waals surface area contributed by atoms with E-state index in [1.165, 1.54) is 11.1 Å². The van der Waals surface area contributed by atoms with Crippen molar-refractivity contribution < 1.29 is 0 Å². The third kappa shape index (κ3) is 1.75. The SMILES string of the molecule is Cc1cccc(C[S])c1. The van der Waals surface area contributed by atoms with Crippen LogP contribution in [0.2, 0.25) is 0 Å². The van der Waals surface area contributed by atoms with E-state index in [1.807, 2.05) is 6.07 Å². The molecule has 0 aliphatic rings. The van der Waals surface area contributed by atoms with Crippen molar-refractivity contribution in [1.29, 1.82) is 0 Å². The topological polar surface area (TPSA) is 0 Å². The summed E-state index contributed by atoms with van der Waals surface area (Å²) >= 11 is 4.88. The second-order valence-corrected chi connectivity index (χ2v) is 2.42. The highest BCUT2D eigenvalue weighted by Gasteiger charge is 1.86. The van der Waals surface area contributed by atoms with Crippen LogP contribution in [0.25, 0.3) is 0 Å². The molecule has 47 valence electrons. The van der Waals surface area contributed by atoms with E-state index < -0.39 is 0 Å². The van der Waals surface area contributed by atoms with Gasteiger partial charge in [-0.2, -0.15) is 0 Å². The van der Waals surface area contributed by atoms with Crippen LogP contribution in [-0.4, -0.2) is 0 Å². The second kappa shape index (κ2) is 2.92. The zero-order valence-corrected chi connectivity index (χ0v) is 6.24. The minimum absolute atomic E-state index is 0.724. The average molecular weight is 137 g/mol. The normalized spacial score (nSPS) is 9.56. The molecule has 0 amide bonds. The van der Waals surface area contributed by atoms with Crippen LogP contribution in [0.3, 0.4) is 0 Å². The maximum Gasteiger partial charge on any atom is 0.0288 e. The Morgan fingerprint density at radius 1 is 1.44 bits per heavy atom. The van der Waals surface area contributed by atoms with Gasteiger partial charge in [-0.05, 0) is 12.5 Å². The first-order valence-electron chi connectivity index (χ1n) is 2.96. The van der Waals surface area contributed by atoms with Gasteiger partial charge in [0.05, 0.1) is 0 Å². The summed E-state index contributed by atoms with van der Waals surface area (Å²) in [5.74, 6) is 0.724. The maximum absolute atomic E-state index is 4.88. The van der Waals surface area contributed by atoms with Gasteiger partial charge in [-0.1, -0.05) is 42.5 Å². The average Bonchev–Trinajstić information content (AvgIpc) is 1.88. The van der Waals surface area contributed by atoms with Crippen molar-refractivity contribution in [2.75, 3.05) is 0 Å². The van der Waals surface area contributed by atoms with Gasteiger partial charge in [0.25, 0.3) is 0 Å². The molecule has 1 rings (SSSR count). The minimum Gasteiger partial charge on any atom is -0.0890 e. The first-order chi connectivity index (χ1) is 4.33. The molecule has 0 aliphatic carbocycles. The van der Waals surface area contributed by atoms with Crippen LogP contribution in [-0.2, 0) is 5.75 Å². The Labute approximate surface area is 61.3 Å². The Bertz CT molecular complexity index is 194. The summed E-state index contributed by atoms with van der Waals surface area (Å²) in [5, 5.41) is 0. The van der Waals surface area contributed by atoms with E-state index in [0.29, 0.717) is 0 Å². The highest BCUT2D eigenvalue weighted by molar-refractivity contribution is 7.79. The molecule has 0 unspecified atom stereocenters. The van der Waals surface area contributed by atoms with Gasteiger partial charge in [-0.3, -0.25) is 0 Å². The molecular weight excluding hydrogens is 128 g/mol. The molecule has 1 radical (unpaired) electrons. The van der Waals surface area contributed by atoms with Crippen molar-refractivity contribution in [3.05, 3.63) is 35.4 Å². The monoisotopic (exact) mass is 137 g/mol. The van der Waals surface area contributed by atoms with Gasteiger partial charge in [0.2, 0.25) is 0 Å². The Balaban J connectivity index is 2.94. The van der Waals surface area contributed by atoms with Crippen molar-refractivity contribution >= 4 is 12.6 Å². The fourth-order valence-electron chi connectivity index (χ4n) is 0.802. The standard InChI is InChI=1S/C8H9S/c1-7-3-2-4-8(5-7)6-9/h2-5H,6H2,1H3. The lowest BCUT2D eigenvalue weighted by Gasteiger charge is -1.94. The number of rotatable bonds is 1. The lowest BCUT2D eigenvalue weighted by atomic mass is 10.2. The maximum atomic E-state index is 4.88. The van der Waals surface area contributed by atoms with Gasteiger partial charge in [-0.25, -0.2) is 0 Å². The van der Waals surface area contributed by atoms with E-state index in [1.54, 1.807) is 0 Å². The number of hydrogen-bond donors (Lipinski definition) is 0. The first-order valence-corrected chi connectivity index (χ1v) is 3.54. The molecule has 0 heterocycles. The van der Waals surface area contributed by atoms with Crippen LogP contribution in [0.5, 0.6) is 0 Å². The molecule has 0 saturated heterocycles. The van der Waals surface area contributed by atoms with Gasteiger partial charge in [0.15, 0.2) is 0 Å². The third-order valence-corrected chi connectivity index (χ3v) is 1.58. The fraction of sp³-hybridized carbons (Fsp3) is 0.250. The second-order valence-electron chi connectivity index (χ2n) is 2.13. The van der Waals surface area contributed by atoms with Crippen LogP contribution >= 0.6 is 12.6 Å². The van der Waals surface area contributed by atoms with Crippen LogP contribution < -0.4 is 0 Å². The van der Waals surface area contributed by atoms with Gasteiger partial charge < -0.3 is 0 Å². The summed E-state index contributed by atoms with van der Waals surface area (Å²) in [4.78, 5) is 0. The molecule has 0 nitrogen and oxygen atoms in total. The highest BCUT2D eigenvalue weighted by atomic mass is 32.1. The zero-order chi connectivity index (χ0) is 6.69. The molecule has 0 spiro atoms. The highest BCUT2D eigenvalue weighted by Crippen LogP contribution is 2.05. The summed E-state index contributed by atoms with van der Waals surface area (Å²) in [6.07, 6.45) is 0. The van der Waals surface area contributed by atoms with Gasteiger partial charge in [0, 0.05) is 5.75 Å². The van der Waals surface area contributed by atoms with Crippen LogP contribution in [0, 0.1) is 6.92 Å². The number of aryl methyl sites for hydroxylation is 1. The molecule has 1 aromatic rings. The molecule has 0 atom stereocenters. The molecule has 0 bridgehead atoms. The number of hydrogen-bond acceptors (Lipinski definition) is 0. The van der Waals surface area contributed by atoms with Gasteiger partial charge in [0.1, 0.15) is 0 Å². The Hall–Kier alpha value is -0.430. The van der Waals surface area contributed by atoms with Gasteiger partial charge >= 0.3 is 0 Å². The van der Waals surface area contributed by atoms with Crippen molar-refractivity contribution in [2.45, 2.75) is 12.7 Å². The molecule has 0 aliphatic heterocycles. The predicted octanol–water partition coefficient (Wildman–Crippen LogP) is 2.69. The molecule has 1 heteroatoms. The van der Waals surface area contributed by atoms with E-state index in [2.05, 4.69) is 25.1 Å². The summed E-state index contributed by atoms with van der Waals surface area (Å²) in [6, 6.07) is 8.29. The summed E-state index contributed by atoms with van der Waals surface area (Å²) in [5.41, 5.74) is 2.53. The van der Waals surface area contributed by atoms with E-state index >= 15 is 0 Å². The largest absolute Gasteiger partial charge is 0.0890 e. The Morgan fingerprint density at radius 2 is 2.22 bits per heavy atom. The van der Waals surface area contributed by atoms with Crippen LogP contribution in [0.15, 0.2) is 24.3 Å². The molecule has 9 heavy (non-hydrogen) atoms. The fourth-order valence-corrected chi connectivity index (χ4v) is 0.981. The van der Waals surface area contributed by atoms with Crippen LogP contribution in [0.4, 0.5) is 0 Å². The molecule has 1 aromatic carbocycles. The van der Waals surface area contributed by atoms with Gasteiger partial charge in [-0.15, -0.1) is 0 Å². The lowest BCUT2D eigenvalue weighted by Crippen LogP contribution is -1.77. The summed E-state index contributed by atoms with van der Waals surface area (Å²) < 4.78 is 0. The van der Waals surface area contributed by atoms with Crippen molar-refractivity contribution in [3.8, 4) is 0 Å². The minimum atomic E-state index is 0.724. The zero-order valence-electron chi connectivity index (χ0n) is 5.42. The predicted molar refractivity (Wildman–Crippen MR) is 42.5 cm³/mol.